The third kappa shape index (κ3) is 7.39. The molecule has 0 saturated carbocycles. The maximum Gasteiger partial charge on any atom is 0.412 e. The number of anilines is 1. The fourth-order valence-corrected chi connectivity index (χ4v) is 2.65. The minimum atomic E-state index is -0.740. The van der Waals surface area contributed by atoms with Gasteiger partial charge in [-0.2, -0.15) is 0 Å². The van der Waals surface area contributed by atoms with Gasteiger partial charge in [0.2, 0.25) is 5.91 Å². The Morgan fingerprint density at radius 3 is 2.71 bits per heavy atom. The van der Waals surface area contributed by atoms with Gasteiger partial charge in [-0.3, -0.25) is 10.1 Å². The van der Waals surface area contributed by atoms with E-state index in [0.29, 0.717) is 41.2 Å². The molecule has 0 radical (unpaired) electrons. The average Bonchev–Trinajstić information content (AvgIpc) is 3.13. The zero-order valence-electron chi connectivity index (χ0n) is 15.2. The van der Waals surface area contributed by atoms with Crippen LogP contribution < -0.4 is 25.8 Å². The molecule has 1 aromatic heterocycles. The molecule has 1 heterocycles. The van der Waals surface area contributed by atoms with E-state index in [0.717, 1.165) is 11.3 Å². The number of aromatic nitrogens is 1. The second kappa shape index (κ2) is 11.1. The van der Waals surface area contributed by atoms with Crippen LogP contribution in [0.3, 0.4) is 0 Å². The highest BCUT2D eigenvalue weighted by Crippen LogP contribution is 2.25. The number of nitrogens with two attached hydrogens (primary N) is 1. The molecular weight excluding hydrogens is 388 g/mol. The first-order valence-corrected chi connectivity index (χ1v) is 9.14. The number of nitrogens with zero attached hydrogens (tertiary/aromatic N) is 1. The summed E-state index contributed by atoms with van der Waals surface area (Å²) >= 11 is 1.13. The Balaban J connectivity index is 1.58. The number of carbonyl (C=O) groups excluding carboxylic acids is 2. The molecular formula is C17H22N4O6S. The smallest absolute Gasteiger partial charge is 0.412 e. The first-order chi connectivity index (χ1) is 13.5. The van der Waals surface area contributed by atoms with Gasteiger partial charge in [0, 0.05) is 18.7 Å². The van der Waals surface area contributed by atoms with E-state index in [9.17, 15) is 14.7 Å². The predicted octanol–water partition coefficient (Wildman–Crippen LogP) is 0.829. The highest BCUT2D eigenvalue weighted by atomic mass is 32.1. The number of ether oxygens (including phenoxy) is 3. The largest absolute Gasteiger partial charge is 0.492 e. The molecule has 152 valence electrons. The summed E-state index contributed by atoms with van der Waals surface area (Å²) in [5, 5.41) is 16.2. The van der Waals surface area contributed by atoms with Crippen molar-refractivity contribution in [1.29, 1.82) is 0 Å². The topological polar surface area (TPSA) is 145 Å². The van der Waals surface area contributed by atoms with Gasteiger partial charge in [0.15, 0.2) is 0 Å². The lowest BCUT2D eigenvalue weighted by atomic mass is 10.2. The molecule has 0 aliphatic heterocycles. The summed E-state index contributed by atoms with van der Waals surface area (Å²) in [4.78, 5) is 26.1. The minimum Gasteiger partial charge on any atom is -0.492 e. The van der Waals surface area contributed by atoms with Crippen molar-refractivity contribution < 1.29 is 28.9 Å². The number of thiazole rings is 1. The number of nitrogens with one attached hydrogen (secondary N) is 2. The molecule has 1 atom stereocenters. The Morgan fingerprint density at radius 1 is 1.29 bits per heavy atom. The highest BCUT2D eigenvalue weighted by molar-refractivity contribution is 7.17. The number of amides is 2. The Labute approximate surface area is 165 Å². The van der Waals surface area contributed by atoms with E-state index in [1.807, 2.05) is 0 Å². The van der Waals surface area contributed by atoms with Crippen LogP contribution in [0.5, 0.6) is 10.9 Å². The van der Waals surface area contributed by atoms with Gasteiger partial charge in [0.05, 0.1) is 13.3 Å². The summed E-state index contributed by atoms with van der Waals surface area (Å²) < 4.78 is 15.4. The number of aliphatic hydroxyl groups is 1. The first kappa shape index (κ1) is 21.4. The van der Waals surface area contributed by atoms with Gasteiger partial charge in [0.25, 0.3) is 5.19 Å². The van der Waals surface area contributed by atoms with Crippen LogP contribution in [0, 0.1) is 0 Å². The van der Waals surface area contributed by atoms with E-state index < -0.39 is 18.1 Å². The van der Waals surface area contributed by atoms with Gasteiger partial charge in [-0.15, -0.1) is 0 Å². The van der Waals surface area contributed by atoms with Gasteiger partial charge < -0.3 is 30.4 Å². The lowest BCUT2D eigenvalue weighted by Crippen LogP contribution is -2.33. The zero-order chi connectivity index (χ0) is 20.4. The molecule has 0 aliphatic rings. The molecule has 0 spiro atoms. The standard InChI is InChI=1S/C17H22N4O6S/c1-25-16(24)21-14-9-20-17(28-14)27-10-12(22)8-19-6-7-26-13-4-2-11(3-5-13)15(18)23/h2-5,9,12,19,22H,6-8,10H2,1H3,(H2,18,23)(H,21,24). The molecule has 0 aliphatic carbocycles. The molecule has 2 aromatic rings. The lowest BCUT2D eigenvalue weighted by molar-refractivity contribution is 0.1000. The lowest BCUT2D eigenvalue weighted by Gasteiger charge is -2.12. The van der Waals surface area contributed by atoms with E-state index in [1.54, 1.807) is 24.3 Å². The van der Waals surface area contributed by atoms with E-state index in [-0.39, 0.29) is 6.61 Å². The van der Waals surface area contributed by atoms with Gasteiger partial charge in [-0.05, 0) is 24.3 Å². The molecule has 0 fully saturated rings. The van der Waals surface area contributed by atoms with Crippen molar-refractivity contribution in [2.24, 2.45) is 5.73 Å². The SMILES string of the molecule is COC(=O)Nc1cnc(OCC(O)CNCCOc2ccc(C(N)=O)cc2)s1. The van der Waals surface area contributed by atoms with E-state index in [2.05, 4.69) is 20.4 Å². The summed E-state index contributed by atoms with van der Waals surface area (Å²) in [5.74, 6) is 0.133. The fourth-order valence-electron chi connectivity index (χ4n) is 1.99. The molecule has 1 aromatic carbocycles. The molecule has 2 rings (SSSR count). The van der Waals surface area contributed by atoms with Gasteiger partial charge in [-0.1, -0.05) is 11.3 Å². The van der Waals surface area contributed by atoms with Crippen molar-refractivity contribution >= 4 is 28.3 Å². The second-order valence-corrected chi connectivity index (χ2v) is 6.51. The van der Waals surface area contributed by atoms with Crippen LogP contribution in [0.2, 0.25) is 0 Å². The second-order valence-electron chi connectivity index (χ2n) is 5.51. The summed E-state index contributed by atoms with van der Waals surface area (Å²) in [5.41, 5.74) is 5.59. The van der Waals surface area contributed by atoms with E-state index >= 15 is 0 Å². The van der Waals surface area contributed by atoms with Crippen LogP contribution in [0.15, 0.2) is 30.5 Å². The molecule has 11 heteroatoms. The van der Waals surface area contributed by atoms with Crippen molar-refractivity contribution in [2.75, 3.05) is 38.7 Å². The normalized spacial score (nSPS) is 11.5. The molecule has 5 N–H and O–H groups in total. The molecule has 10 nitrogen and oxygen atoms in total. The van der Waals surface area contributed by atoms with Gasteiger partial charge >= 0.3 is 6.09 Å². The summed E-state index contributed by atoms with van der Waals surface area (Å²) in [6.45, 7) is 1.26. The number of hydrogen-bond donors (Lipinski definition) is 4. The van der Waals surface area contributed by atoms with E-state index in [1.165, 1.54) is 13.3 Å². The number of hydrogen-bond acceptors (Lipinski definition) is 9. The minimum absolute atomic E-state index is 0.0492. The Kier molecular flexibility index (Phi) is 8.46. The highest BCUT2D eigenvalue weighted by Gasteiger charge is 2.09. The first-order valence-electron chi connectivity index (χ1n) is 8.33. The Hall–Kier alpha value is -2.89. The quantitative estimate of drug-likeness (QED) is 0.399. The van der Waals surface area contributed by atoms with Crippen molar-refractivity contribution in [3.63, 3.8) is 0 Å². The average molecular weight is 410 g/mol. The summed E-state index contributed by atoms with van der Waals surface area (Å²) in [6, 6.07) is 6.52. The van der Waals surface area contributed by atoms with Crippen LogP contribution in [0.4, 0.5) is 9.80 Å². The molecule has 0 bridgehead atoms. The van der Waals surface area contributed by atoms with Gasteiger partial charge in [-0.25, -0.2) is 9.78 Å². The number of primary amides is 1. The molecule has 2 amide bonds. The van der Waals surface area contributed by atoms with Crippen molar-refractivity contribution in [3.8, 4) is 10.9 Å². The summed E-state index contributed by atoms with van der Waals surface area (Å²) in [6.07, 6.45) is 0.107. The molecule has 28 heavy (non-hydrogen) atoms. The number of aliphatic hydroxyl groups excluding tert-OH is 1. The van der Waals surface area contributed by atoms with E-state index in [4.69, 9.17) is 15.2 Å². The van der Waals surface area contributed by atoms with Crippen molar-refractivity contribution in [3.05, 3.63) is 36.0 Å². The third-order valence-corrected chi connectivity index (χ3v) is 4.19. The van der Waals surface area contributed by atoms with Crippen LogP contribution in [-0.2, 0) is 4.74 Å². The number of methoxy groups -OCH3 is 1. The number of benzene rings is 1. The molecule has 0 saturated heterocycles. The third-order valence-electron chi connectivity index (χ3n) is 3.36. The number of carbonyl (C=O) groups is 2. The number of rotatable bonds is 11. The van der Waals surface area contributed by atoms with Gasteiger partial charge in [0.1, 0.15) is 30.1 Å². The maximum atomic E-state index is 11.1. The Bertz CT molecular complexity index is 767. The Morgan fingerprint density at radius 2 is 2.04 bits per heavy atom. The van der Waals surface area contributed by atoms with Crippen LogP contribution in [0.1, 0.15) is 10.4 Å². The van der Waals surface area contributed by atoms with Crippen molar-refractivity contribution in [1.82, 2.24) is 10.3 Å². The monoisotopic (exact) mass is 410 g/mol. The maximum absolute atomic E-state index is 11.1. The van der Waals surface area contributed by atoms with Crippen molar-refractivity contribution in [2.45, 2.75) is 6.10 Å². The van der Waals surface area contributed by atoms with Crippen LogP contribution >= 0.6 is 11.3 Å². The van der Waals surface area contributed by atoms with Crippen LogP contribution in [-0.4, -0.2) is 61.6 Å². The predicted molar refractivity (Wildman–Crippen MR) is 103 cm³/mol. The molecule has 1 unspecified atom stereocenters. The fraction of sp³-hybridized carbons (Fsp3) is 0.353. The zero-order valence-corrected chi connectivity index (χ0v) is 16.0. The van der Waals surface area contributed by atoms with Crippen LogP contribution in [0.25, 0.3) is 0 Å². The summed E-state index contributed by atoms with van der Waals surface area (Å²) in [7, 11) is 1.27.